The molecule has 0 radical (unpaired) electrons. The van der Waals surface area contributed by atoms with Crippen LogP contribution in [0, 0.1) is 6.92 Å². The van der Waals surface area contributed by atoms with Gasteiger partial charge >= 0.3 is 0 Å². The normalized spacial score (nSPS) is 16.5. The highest BCUT2D eigenvalue weighted by atomic mass is 32.2. The summed E-state index contributed by atoms with van der Waals surface area (Å²) in [5.41, 5.74) is 3.69. The number of carbonyl (C=O) groups is 2. The number of aromatic nitrogens is 1. The molecule has 2 heterocycles. The number of nitrogens with one attached hydrogen (secondary N) is 1. The molecule has 1 N–H and O–H groups in total. The SMILES string of the molecule is C/C(=C\CC1SC(=O)NC1=O)c1cccc(OCc2nc(-c3ccccc3)oc2C)c1. The average molecular weight is 435 g/mol. The van der Waals surface area contributed by atoms with Crippen molar-refractivity contribution in [3.8, 4) is 17.2 Å². The molecule has 3 aromatic rings. The van der Waals surface area contributed by atoms with Crippen molar-refractivity contribution in [3.05, 3.63) is 77.7 Å². The van der Waals surface area contributed by atoms with E-state index in [9.17, 15) is 9.59 Å². The Morgan fingerprint density at radius 3 is 2.74 bits per heavy atom. The lowest BCUT2D eigenvalue weighted by atomic mass is 10.1. The molecule has 158 valence electrons. The molecule has 4 rings (SSSR count). The quantitative estimate of drug-likeness (QED) is 0.538. The van der Waals surface area contributed by atoms with Crippen molar-refractivity contribution in [1.82, 2.24) is 10.3 Å². The predicted octanol–water partition coefficient (Wildman–Crippen LogP) is 5.37. The third kappa shape index (κ3) is 5.06. The molecule has 1 aliphatic heterocycles. The van der Waals surface area contributed by atoms with Crippen LogP contribution in [0.15, 0.2) is 65.1 Å². The van der Waals surface area contributed by atoms with Gasteiger partial charge < -0.3 is 9.15 Å². The second-order valence-corrected chi connectivity index (χ2v) is 8.39. The first-order chi connectivity index (χ1) is 15.0. The van der Waals surface area contributed by atoms with Crippen molar-refractivity contribution in [2.75, 3.05) is 0 Å². The zero-order valence-electron chi connectivity index (χ0n) is 17.3. The van der Waals surface area contributed by atoms with Gasteiger partial charge in [-0.05, 0) is 55.7 Å². The maximum Gasteiger partial charge on any atom is 0.286 e. The largest absolute Gasteiger partial charge is 0.487 e. The Hall–Kier alpha value is -3.32. The molecule has 7 heteroatoms. The van der Waals surface area contributed by atoms with Gasteiger partial charge in [-0.25, -0.2) is 4.98 Å². The fraction of sp³-hybridized carbons (Fsp3) is 0.208. The summed E-state index contributed by atoms with van der Waals surface area (Å²) >= 11 is 1.04. The lowest BCUT2D eigenvalue weighted by Crippen LogP contribution is -2.23. The molecule has 31 heavy (non-hydrogen) atoms. The van der Waals surface area contributed by atoms with E-state index in [1.165, 1.54) is 0 Å². The lowest BCUT2D eigenvalue weighted by Gasteiger charge is -2.08. The van der Waals surface area contributed by atoms with E-state index in [1.54, 1.807) is 0 Å². The van der Waals surface area contributed by atoms with Crippen molar-refractivity contribution < 1.29 is 18.7 Å². The Bertz CT molecular complexity index is 1140. The number of rotatable bonds is 7. The Labute approximate surface area is 184 Å². The average Bonchev–Trinajstić information content (AvgIpc) is 3.32. The molecular formula is C24H22N2O4S. The fourth-order valence-corrected chi connectivity index (χ4v) is 3.98. The molecule has 1 unspecified atom stereocenters. The summed E-state index contributed by atoms with van der Waals surface area (Å²) in [6.45, 7) is 4.16. The Morgan fingerprint density at radius 1 is 1.19 bits per heavy atom. The van der Waals surface area contributed by atoms with E-state index in [2.05, 4.69) is 10.3 Å². The first-order valence-corrected chi connectivity index (χ1v) is 10.8. The summed E-state index contributed by atoms with van der Waals surface area (Å²) in [5, 5.41) is 1.66. The lowest BCUT2D eigenvalue weighted by molar-refractivity contribution is -0.118. The molecule has 1 aliphatic rings. The minimum absolute atomic E-state index is 0.228. The van der Waals surface area contributed by atoms with E-state index in [1.807, 2.05) is 74.5 Å². The summed E-state index contributed by atoms with van der Waals surface area (Å²) in [6, 6.07) is 17.5. The molecule has 0 saturated carbocycles. The van der Waals surface area contributed by atoms with Gasteiger partial charge in [0.2, 0.25) is 11.8 Å². The smallest absolute Gasteiger partial charge is 0.286 e. The van der Waals surface area contributed by atoms with Crippen LogP contribution in [0.1, 0.15) is 30.4 Å². The number of ether oxygens (including phenoxy) is 1. The highest BCUT2D eigenvalue weighted by Crippen LogP contribution is 2.27. The zero-order chi connectivity index (χ0) is 21.8. The number of thioether (sulfide) groups is 1. The van der Waals surface area contributed by atoms with Crippen LogP contribution in [0.2, 0.25) is 0 Å². The van der Waals surface area contributed by atoms with Crippen molar-refractivity contribution in [2.24, 2.45) is 0 Å². The molecule has 1 aromatic heterocycles. The number of allylic oxidation sites excluding steroid dienone is 2. The van der Waals surface area contributed by atoms with Crippen LogP contribution in [0.4, 0.5) is 4.79 Å². The second kappa shape index (κ2) is 9.22. The molecule has 2 amide bonds. The molecule has 1 atom stereocenters. The van der Waals surface area contributed by atoms with E-state index in [0.717, 1.165) is 45.7 Å². The summed E-state index contributed by atoms with van der Waals surface area (Å²) in [7, 11) is 0. The van der Waals surface area contributed by atoms with Crippen molar-refractivity contribution in [1.29, 1.82) is 0 Å². The predicted molar refractivity (Wildman–Crippen MR) is 121 cm³/mol. The maximum atomic E-state index is 11.7. The number of oxazole rings is 1. The number of nitrogens with zero attached hydrogens (tertiary/aromatic N) is 1. The topological polar surface area (TPSA) is 81.4 Å². The number of benzene rings is 2. The van der Waals surface area contributed by atoms with Crippen LogP contribution in [-0.4, -0.2) is 21.4 Å². The molecule has 0 spiro atoms. The summed E-state index contributed by atoms with van der Waals surface area (Å²) in [4.78, 5) is 27.6. The number of hydrogen-bond acceptors (Lipinski definition) is 6. The Balaban J connectivity index is 1.41. The van der Waals surface area contributed by atoms with Gasteiger partial charge in [0.25, 0.3) is 5.24 Å². The van der Waals surface area contributed by atoms with Crippen LogP contribution in [0.25, 0.3) is 17.0 Å². The summed E-state index contributed by atoms with van der Waals surface area (Å²) in [5.74, 6) is 1.80. The van der Waals surface area contributed by atoms with Crippen LogP contribution in [0.3, 0.4) is 0 Å². The number of carbonyl (C=O) groups excluding carboxylic acids is 2. The number of hydrogen-bond donors (Lipinski definition) is 1. The third-order valence-corrected chi connectivity index (χ3v) is 5.99. The molecule has 2 aromatic carbocycles. The summed E-state index contributed by atoms with van der Waals surface area (Å²) in [6.07, 6.45) is 2.47. The highest BCUT2D eigenvalue weighted by molar-refractivity contribution is 8.15. The number of aryl methyl sites for hydroxylation is 1. The van der Waals surface area contributed by atoms with Crippen molar-refractivity contribution in [3.63, 3.8) is 0 Å². The molecule has 1 fully saturated rings. The van der Waals surface area contributed by atoms with Gasteiger partial charge in [-0.1, -0.05) is 48.2 Å². The van der Waals surface area contributed by atoms with E-state index in [-0.39, 0.29) is 16.4 Å². The minimum atomic E-state index is -0.365. The van der Waals surface area contributed by atoms with Crippen molar-refractivity contribution >= 4 is 28.5 Å². The minimum Gasteiger partial charge on any atom is -0.487 e. The standard InChI is InChI=1S/C24H22N2O4S/c1-15(11-12-21-22(27)26-24(28)31-21)18-9-6-10-19(13-18)29-14-20-16(2)30-23(25-20)17-7-4-3-5-8-17/h3-11,13,21H,12,14H2,1-2H3,(H,26,27,28)/b15-11+. The number of amides is 2. The van der Waals surface area contributed by atoms with Crippen LogP contribution in [0.5, 0.6) is 5.75 Å². The van der Waals surface area contributed by atoms with Crippen molar-refractivity contribution in [2.45, 2.75) is 32.1 Å². The molecule has 1 saturated heterocycles. The van der Waals surface area contributed by atoms with Gasteiger partial charge in [0.05, 0.1) is 5.25 Å². The van der Waals surface area contributed by atoms with Gasteiger partial charge in [0.15, 0.2) is 0 Å². The Kier molecular flexibility index (Phi) is 6.23. The first kappa shape index (κ1) is 20.9. The van der Waals surface area contributed by atoms with Gasteiger partial charge in [-0.2, -0.15) is 0 Å². The highest BCUT2D eigenvalue weighted by Gasteiger charge is 2.30. The fourth-order valence-electron chi connectivity index (χ4n) is 3.20. The maximum absolute atomic E-state index is 11.7. The van der Waals surface area contributed by atoms with Crippen LogP contribution in [-0.2, 0) is 11.4 Å². The van der Waals surface area contributed by atoms with E-state index < -0.39 is 0 Å². The number of imide groups is 1. The Morgan fingerprint density at radius 2 is 2.00 bits per heavy atom. The van der Waals surface area contributed by atoms with E-state index in [0.29, 0.717) is 18.9 Å². The van der Waals surface area contributed by atoms with Gasteiger partial charge in [-0.15, -0.1) is 0 Å². The first-order valence-electron chi connectivity index (χ1n) is 9.93. The van der Waals surface area contributed by atoms with Crippen LogP contribution >= 0.6 is 11.8 Å². The molecular weight excluding hydrogens is 412 g/mol. The molecule has 0 bridgehead atoms. The van der Waals surface area contributed by atoms with Crippen LogP contribution < -0.4 is 10.1 Å². The molecule has 6 nitrogen and oxygen atoms in total. The van der Waals surface area contributed by atoms with Gasteiger partial charge in [0, 0.05) is 5.56 Å². The second-order valence-electron chi connectivity index (χ2n) is 7.21. The van der Waals surface area contributed by atoms with Gasteiger partial charge in [-0.3, -0.25) is 14.9 Å². The van der Waals surface area contributed by atoms with E-state index in [4.69, 9.17) is 9.15 Å². The monoisotopic (exact) mass is 434 g/mol. The molecule has 0 aliphatic carbocycles. The third-order valence-electron chi connectivity index (χ3n) is 4.98. The van der Waals surface area contributed by atoms with Gasteiger partial charge in [0.1, 0.15) is 23.8 Å². The summed E-state index contributed by atoms with van der Waals surface area (Å²) < 4.78 is 11.7. The zero-order valence-corrected chi connectivity index (χ0v) is 18.1. The van der Waals surface area contributed by atoms with E-state index >= 15 is 0 Å².